The van der Waals surface area contributed by atoms with E-state index in [1.807, 2.05) is 13.8 Å². The summed E-state index contributed by atoms with van der Waals surface area (Å²) in [6, 6.07) is 5.06. The first-order valence-corrected chi connectivity index (χ1v) is 7.15. The van der Waals surface area contributed by atoms with Gasteiger partial charge in [0.1, 0.15) is 11.3 Å². The number of carboxylic acids is 1. The van der Waals surface area contributed by atoms with Crippen molar-refractivity contribution < 1.29 is 19.4 Å². The van der Waals surface area contributed by atoms with E-state index in [4.69, 9.17) is 10.5 Å². The van der Waals surface area contributed by atoms with Crippen molar-refractivity contribution in [2.24, 2.45) is 0 Å². The highest BCUT2D eigenvalue weighted by Gasteiger charge is 2.19. The standard InChI is InChI=1S/C16H19N3O4/c1-8(2)18-12(20)7-23-11-6-4-5-10-14(11)15(17)13(16(21)22)9(3)19-10/h4-6,8H,7H2,1-3H3,(H2,17,19)(H,18,20)(H,21,22). The molecule has 0 saturated carbocycles. The van der Waals surface area contributed by atoms with E-state index in [0.717, 1.165) is 0 Å². The number of pyridine rings is 1. The van der Waals surface area contributed by atoms with Crippen molar-refractivity contribution >= 4 is 28.5 Å². The van der Waals surface area contributed by atoms with Crippen LogP contribution in [0.3, 0.4) is 0 Å². The van der Waals surface area contributed by atoms with Gasteiger partial charge in [0.25, 0.3) is 5.91 Å². The molecule has 23 heavy (non-hydrogen) atoms. The van der Waals surface area contributed by atoms with Crippen LogP contribution in [0.2, 0.25) is 0 Å². The number of nitrogens with two attached hydrogens (primary N) is 1. The van der Waals surface area contributed by atoms with E-state index >= 15 is 0 Å². The van der Waals surface area contributed by atoms with Gasteiger partial charge >= 0.3 is 5.97 Å². The highest BCUT2D eigenvalue weighted by molar-refractivity contribution is 6.06. The SMILES string of the molecule is Cc1nc2cccc(OCC(=O)NC(C)C)c2c(N)c1C(=O)O. The summed E-state index contributed by atoms with van der Waals surface area (Å²) in [5, 5.41) is 12.4. The molecule has 0 spiro atoms. The molecule has 0 fully saturated rings. The van der Waals surface area contributed by atoms with Crippen LogP contribution in [-0.2, 0) is 4.79 Å². The second-order valence-corrected chi connectivity index (χ2v) is 5.45. The lowest BCUT2D eigenvalue weighted by Gasteiger charge is -2.14. The third-order valence-electron chi connectivity index (χ3n) is 3.22. The van der Waals surface area contributed by atoms with Gasteiger partial charge in [-0.2, -0.15) is 0 Å². The summed E-state index contributed by atoms with van der Waals surface area (Å²) < 4.78 is 5.51. The number of carbonyl (C=O) groups excluding carboxylic acids is 1. The van der Waals surface area contributed by atoms with Gasteiger partial charge in [-0.15, -0.1) is 0 Å². The highest BCUT2D eigenvalue weighted by atomic mass is 16.5. The fraction of sp³-hybridized carbons (Fsp3) is 0.312. The van der Waals surface area contributed by atoms with Crippen molar-refractivity contribution in [2.75, 3.05) is 12.3 Å². The molecule has 7 nitrogen and oxygen atoms in total. The average Bonchev–Trinajstić information content (AvgIpc) is 2.43. The molecule has 0 saturated heterocycles. The molecule has 0 aliphatic carbocycles. The minimum absolute atomic E-state index is 0.00613. The molecule has 1 aromatic carbocycles. The molecule has 7 heteroatoms. The van der Waals surface area contributed by atoms with Crippen LogP contribution in [0.5, 0.6) is 5.75 Å². The number of rotatable bonds is 5. The number of fused-ring (bicyclic) bond motifs is 1. The van der Waals surface area contributed by atoms with E-state index in [9.17, 15) is 14.7 Å². The van der Waals surface area contributed by atoms with E-state index in [2.05, 4.69) is 10.3 Å². The lowest BCUT2D eigenvalue weighted by molar-refractivity contribution is -0.123. The monoisotopic (exact) mass is 317 g/mol. The third kappa shape index (κ3) is 3.50. The van der Waals surface area contributed by atoms with E-state index in [1.54, 1.807) is 25.1 Å². The highest BCUT2D eigenvalue weighted by Crippen LogP contribution is 2.33. The molecule has 4 N–H and O–H groups in total. The zero-order valence-corrected chi connectivity index (χ0v) is 13.2. The van der Waals surface area contributed by atoms with Crippen molar-refractivity contribution in [1.29, 1.82) is 0 Å². The zero-order chi connectivity index (χ0) is 17.1. The second-order valence-electron chi connectivity index (χ2n) is 5.45. The Morgan fingerprint density at radius 1 is 1.39 bits per heavy atom. The van der Waals surface area contributed by atoms with E-state index in [0.29, 0.717) is 22.3 Å². The molecule has 0 atom stereocenters. The summed E-state index contributed by atoms with van der Waals surface area (Å²) in [5.74, 6) is -1.09. The number of nitrogens with one attached hydrogen (secondary N) is 1. The molecule has 2 aromatic rings. The largest absolute Gasteiger partial charge is 0.483 e. The van der Waals surface area contributed by atoms with Gasteiger partial charge in [-0.1, -0.05) is 6.07 Å². The predicted molar refractivity (Wildman–Crippen MR) is 86.6 cm³/mol. The Morgan fingerprint density at radius 2 is 2.09 bits per heavy atom. The maximum Gasteiger partial charge on any atom is 0.339 e. The van der Waals surface area contributed by atoms with Gasteiger partial charge in [-0.05, 0) is 32.9 Å². The van der Waals surface area contributed by atoms with Crippen molar-refractivity contribution in [3.05, 3.63) is 29.5 Å². The number of carbonyl (C=O) groups is 2. The summed E-state index contributed by atoms with van der Waals surface area (Å²) in [6.07, 6.45) is 0. The number of aromatic nitrogens is 1. The van der Waals surface area contributed by atoms with Gasteiger partial charge in [0.15, 0.2) is 6.61 Å². The normalized spacial score (nSPS) is 10.8. The van der Waals surface area contributed by atoms with Gasteiger partial charge in [0.05, 0.1) is 22.3 Å². The van der Waals surface area contributed by atoms with Crippen LogP contribution >= 0.6 is 0 Å². The van der Waals surface area contributed by atoms with Crippen LogP contribution < -0.4 is 15.8 Å². The lowest BCUT2D eigenvalue weighted by Crippen LogP contribution is -2.34. The molecule has 0 bridgehead atoms. The molecule has 1 heterocycles. The third-order valence-corrected chi connectivity index (χ3v) is 3.22. The van der Waals surface area contributed by atoms with Gasteiger partial charge < -0.3 is 20.9 Å². The Bertz CT molecular complexity index is 771. The van der Waals surface area contributed by atoms with Crippen LogP contribution in [0.15, 0.2) is 18.2 Å². The first-order chi connectivity index (χ1) is 10.8. The first kappa shape index (κ1) is 16.5. The number of hydrogen-bond acceptors (Lipinski definition) is 5. The van der Waals surface area contributed by atoms with Crippen molar-refractivity contribution in [2.45, 2.75) is 26.8 Å². The Morgan fingerprint density at radius 3 is 2.70 bits per heavy atom. The smallest absolute Gasteiger partial charge is 0.339 e. The number of nitrogens with zero attached hydrogens (tertiary/aromatic N) is 1. The molecule has 0 radical (unpaired) electrons. The van der Waals surface area contributed by atoms with E-state index in [1.165, 1.54) is 0 Å². The van der Waals surface area contributed by atoms with Crippen molar-refractivity contribution in [1.82, 2.24) is 10.3 Å². The average molecular weight is 317 g/mol. The van der Waals surface area contributed by atoms with Crippen LogP contribution in [0, 0.1) is 6.92 Å². The van der Waals surface area contributed by atoms with Gasteiger partial charge in [-0.25, -0.2) is 4.79 Å². The zero-order valence-electron chi connectivity index (χ0n) is 13.2. The van der Waals surface area contributed by atoms with Crippen LogP contribution in [0.4, 0.5) is 5.69 Å². The number of aryl methyl sites for hydroxylation is 1. The maximum absolute atomic E-state index is 11.7. The Kier molecular flexibility index (Phi) is 4.68. The topological polar surface area (TPSA) is 115 Å². The molecular formula is C16H19N3O4. The fourth-order valence-electron chi connectivity index (χ4n) is 2.34. The molecule has 0 unspecified atom stereocenters. The number of amides is 1. The number of ether oxygens (including phenoxy) is 1. The van der Waals surface area contributed by atoms with Gasteiger partial charge in [-0.3, -0.25) is 9.78 Å². The van der Waals surface area contributed by atoms with E-state index < -0.39 is 5.97 Å². The van der Waals surface area contributed by atoms with Crippen molar-refractivity contribution in [3.63, 3.8) is 0 Å². The molecule has 0 aliphatic rings. The molecule has 1 aromatic heterocycles. The number of nitrogen functional groups attached to an aromatic ring is 1. The lowest BCUT2D eigenvalue weighted by atomic mass is 10.1. The number of benzene rings is 1. The maximum atomic E-state index is 11.7. The quantitative estimate of drug-likeness (QED) is 0.773. The number of carboxylic acid groups (broad SMARTS) is 1. The second kappa shape index (κ2) is 6.51. The van der Waals surface area contributed by atoms with Crippen LogP contribution in [-0.4, -0.2) is 34.6 Å². The van der Waals surface area contributed by atoms with E-state index in [-0.39, 0.29) is 29.8 Å². The Balaban J connectivity index is 2.43. The number of anilines is 1. The summed E-state index contributed by atoms with van der Waals surface area (Å²) >= 11 is 0. The Labute approximate surface area is 133 Å². The summed E-state index contributed by atoms with van der Waals surface area (Å²) in [6.45, 7) is 5.09. The first-order valence-electron chi connectivity index (χ1n) is 7.15. The summed E-state index contributed by atoms with van der Waals surface area (Å²) in [7, 11) is 0. The number of hydrogen-bond donors (Lipinski definition) is 3. The molecule has 122 valence electrons. The summed E-state index contributed by atoms with van der Waals surface area (Å²) in [4.78, 5) is 27.3. The van der Waals surface area contributed by atoms with Crippen molar-refractivity contribution in [3.8, 4) is 5.75 Å². The minimum atomic E-state index is -1.15. The number of aromatic carboxylic acids is 1. The van der Waals surface area contributed by atoms with Gasteiger partial charge in [0.2, 0.25) is 0 Å². The molecule has 2 rings (SSSR count). The van der Waals surface area contributed by atoms with Crippen LogP contribution in [0.25, 0.3) is 10.9 Å². The molecule has 1 amide bonds. The van der Waals surface area contributed by atoms with Gasteiger partial charge in [0, 0.05) is 6.04 Å². The molecular weight excluding hydrogens is 298 g/mol. The predicted octanol–water partition coefficient (Wildman–Crippen LogP) is 1.73. The minimum Gasteiger partial charge on any atom is -0.483 e. The molecule has 0 aliphatic heterocycles. The fourth-order valence-corrected chi connectivity index (χ4v) is 2.34. The van der Waals surface area contributed by atoms with Crippen LogP contribution in [0.1, 0.15) is 29.9 Å². The summed E-state index contributed by atoms with van der Waals surface area (Å²) in [5.41, 5.74) is 6.89. The Hall–Kier alpha value is -2.83.